The number of nitrogens with one attached hydrogen (secondary N) is 2. The second-order valence-corrected chi connectivity index (χ2v) is 6.68. The lowest BCUT2D eigenvalue weighted by molar-refractivity contribution is -0.274. The van der Waals surface area contributed by atoms with Gasteiger partial charge in [0.15, 0.2) is 11.6 Å². The van der Waals surface area contributed by atoms with Gasteiger partial charge in [0.05, 0.1) is 27.1 Å². The van der Waals surface area contributed by atoms with Gasteiger partial charge in [-0.1, -0.05) is 29.3 Å². The third-order valence-electron chi connectivity index (χ3n) is 3.63. The highest BCUT2D eigenvalue weighted by molar-refractivity contribution is 6.42. The number of benzene rings is 3. The molecule has 158 valence electrons. The normalized spacial score (nSPS) is 11.2. The Morgan fingerprint density at radius 3 is 2.07 bits per heavy atom. The third-order valence-corrected chi connectivity index (χ3v) is 4.37. The van der Waals surface area contributed by atoms with E-state index in [1.165, 1.54) is 35.4 Å². The predicted octanol–water partition coefficient (Wildman–Crippen LogP) is 7.03. The van der Waals surface area contributed by atoms with Crippen molar-refractivity contribution in [1.29, 1.82) is 0 Å². The molecule has 3 aromatic carbocycles. The zero-order valence-electron chi connectivity index (χ0n) is 14.8. The molecule has 2 N–H and O–H groups in total. The molecule has 0 fully saturated rings. The Balaban J connectivity index is 1.94. The molecule has 0 saturated heterocycles. The maximum atomic E-state index is 13.6. The molecule has 0 aliphatic heterocycles. The molecular formula is C19H12Cl2F5N3O. The maximum Gasteiger partial charge on any atom is 0.573 e. The molecule has 0 radical (unpaired) electrons. The number of anilines is 3. The van der Waals surface area contributed by atoms with Gasteiger partial charge in [0, 0.05) is 12.1 Å². The fraction of sp³-hybridized carbons (Fsp3) is 0.0526. The van der Waals surface area contributed by atoms with Gasteiger partial charge in [-0.15, -0.1) is 13.2 Å². The van der Waals surface area contributed by atoms with E-state index in [2.05, 4.69) is 15.6 Å². The number of ether oxygens (including phenoxy) is 1. The molecule has 0 spiro atoms. The van der Waals surface area contributed by atoms with E-state index in [4.69, 9.17) is 23.2 Å². The van der Waals surface area contributed by atoms with Crippen LogP contribution in [0.25, 0.3) is 0 Å². The van der Waals surface area contributed by atoms with Crippen molar-refractivity contribution in [2.75, 3.05) is 16.0 Å². The number of hydrogen-bond donors (Lipinski definition) is 2. The summed E-state index contributed by atoms with van der Waals surface area (Å²) in [6.45, 7) is 0. The number of rotatable bonds is 6. The second kappa shape index (κ2) is 8.85. The summed E-state index contributed by atoms with van der Waals surface area (Å²) in [6, 6.07) is 12.6. The van der Waals surface area contributed by atoms with Crippen LogP contribution in [0.2, 0.25) is 10.0 Å². The Labute approximate surface area is 177 Å². The molecule has 0 unspecified atom stereocenters. The van der Waals surface area contributed by atoms with Crippen molar-refractivity contribution >= 4 is 40.3 Å². The van der Waals surface area contributed by atoms with Gasteiger partial charge >= 0.3 is 6.36 Å². The van der Waals surface area contributed by atoms with E-state index in [9.17, 15) is 22.0 Å². The molecule has 0 aliphatic carbocycles. The molecule has 0 amide bonds. The van der Waals surface area contributed by atoms with Crippen LogP contribution in [0.15, 0.2) is 60.7 Å². The number of hydrogen-bond acceptors (Lipinski definition) is 4. The van der Waals surface area contributed by atoms with E-state index >= 15 is 0 Å². The van der Waals surface area contributed by atoms with Gasteiger partial charge in [0.2, 0.25) is 0 Å². The van der Waals surface area contributed by atoms with Gasteiger partial charge in [0.25, 0.3) is 0 Å². The van der Waals surface area contributed by atoms with Crippen molar-refractivity contribution in [3.8, 4) is 5.75 Å². The molecule has 3 aromatic rings. The van der Waals surface area contributed by atoms with Crippen LogP contribution in [0.5, 0.6) is 5.75 Å². The van der Waals surface area contributed by atoms with Gasteiger partial charge in [0.1, 0.15) is 5.75 Å². The first-order valence-corrected chi connectivity index (χ1v) is 8.96. The van der Waals surface area contributed by atoms with E-state index < -0.39 is 23.7 Å². The van der Waals surface area contributed by atoms with E-state index in [0.29, 0.717) is 10.7 Å². The number of nitrogens with zero attached hydrogens (tertiary/aromatic N) is 1. The van der Waals surface area contributed by atoms with E-state index in [1.807, 2.05) is 0 Å². The average Bonchev–Trinajstić information content (AvgIpc) is 2.66. The van der Waals surface area contributed by atoms with Gasteiger partial charge < -0.3 is 4.74 Å². The number of hydrazine groups is 2. The molecule has 11 heteroatoms. The summed E-state index contributed by atoms with van der Waals surface area (Å²) in [5.41, 5.74) is 6.28. The summed E-state index contributed by atoms with van der Waals surface area (Å²) >= 11 is 11.9. The average molecular weight is 464 g/mol. The van der Waals surface area contributed by atoms with Crippen LogP contribution in [0.1, 0.15) is 0 Å². The Morgan fingerprint density at radius 1 is 0.767 bits per heavy atom. The smallest absolute Gasteiger partial charge is 0.406 e. The Bertz CT molecular complexity index is 995. The van der Waals surface area contributed by atoms with Crippen LogP contribution in [0.3, 0.4) is 0 Å². The molecule has 0 heterocycles. The summed E-state index contributed by atoms with van der Waals surface area (Å²) in [5.74, 6) is -2.64. The fourth-order valence-corrected chi connectivity index (χ4v) is 2.66. The summed E-state index contributed by atoms with van der Waals surface area (Å²) in [5, 5.41) is 1.70. The zero-order valence-corrected chi connectivity index (χ0v) is 16.3. The number of alkyl halides is 3. The SMILES string of the molecule is Fc1ccc(NN(Nc2ccc(Cl)c(Cl)c2)c2cccc(OC(F)(F)F)c2)cc1F. The molecule has 4 nitrogen and oxygen atoms in total. The van der Waals surface area contributed by atoms with Crippen molar-refractivity contribution in [1.82, 2.24) is 0 Å². The van der Waals surface area contributed by atoms with E-state index in [0.717, 1.165) is 24.3 Å². The first kappa shape index (κ1) is 21.8. The van der Waals surface area contributed by atoms with Crippen molar-refractivity contribution in [3.05, 3.63) is 82.3 Å². The Morgan fingerprint density at radius 2 is 1.43 bits per heavy atom. The van der Waals surface area contributed by atoms with E-state index in [1.54, 1.807) is 6.07 Å². The monoisotopic (exact) mass is 463 g/mol. The van der Waals surface area contributed by atoms with Crippen LogP contribution < -0.4 is 20.7 Å². The van der Waals surface area contributed by atoms with Crippen LogP contribution in [-0.2, 0) is 0 Å². The minimum absolute atomic E-state index is 0.114. The maximum absolute atomic E-state index is 13.6. The third kappa shape index (κ3) is 5.80. The van der Waals surface area contributed by atoms with Crippen LogP contribution in [-0.4, -0.2) is 6.36 Å². The minimum atomic E-state index is -4.88. The quantitative estimate of drug-likeness (QED) is 0.303. The summed E-state index contributed by atoms with van der Waals surface area (Å²) in [4.78, 5) is 0. The first-order chi connectivity index (χ1) is 14.1. The standard InChI is InChI=1S/C19H12Cl2F5N3O/c20-15-6-4-11(8-16(15)21)27-29(28-12-5-7-17(22)18(23)9-12)13-2-1-3-14(10-13)30-19(24,25)26/h1-10,27-28H. The lowest BCUT2D eigenvalue weighted by atomic mass is 10.3. The Hall–Kier alpha value is -2.91. The molecular weight excluding hydrogens is 452 g/mol. The van der Waals surface area contributed by atoms with Crippen molar-refractivity contribution < 1.29 is 26.7 Å². The Kier molecular flexibility index (Phi) is 6.42. The molecule has 0 atom stereocenters. The first-order valence-electron chi connectivity index (χ1n) is 8.20. The van der Waals surface area contributed by atoms with Crippen molar-refractivity contribution in [2.24, 2.45) is 0 Å². The highest BCUT2D eigenvalue weighted by Gasteiger charge is 2.31. The van der Waals surface area contributed by atoms with Gasteiger partial charge in [-0.3, -0.25) is 10.9 Å². The van der Waals surface area contributed by atoms with Crippen molar-refractivity contribution in [2.45, 2.75) is 6.36 Å². The predicted molar refractivity (Wildman–Crippen MR) is 106 cm³/mol. The highest BCUT2D eigenvalue weighted by atomic mass is 35.5. The summed E-state index contributed by atoms with van der Waals surface area (Å²) < 4.78 is 68.4. The topological polar surface area (TPSA) is 36.5 Å². The van der Waals surface area contributed by atoms with Gasteiger partial charge in [-0.2, -0.15) is 5.12 Å². The van der Waals surface area contributed by atoms with Crippen LogP contribution in [0.4, 0.5) is 39.0 Å². The number of halogens is 7. The molecule has 0 aliphatic rings. The molecule has 0 saturated carbocycles. The van der Waals surface area contributed by atoms with Crippen LogP contribution >= 0.6 is 23.2 Å². The second-order valence-electron chi connectivity index (χ2n) is 5.86. The molecule has 0 bridgehead atoms. The summed E-state index contributed by atoms with van der Waals surface area (Å²) in [7, 11) is 0. The highest BCUT2D eigenvalue weighted by Crippen LogP contribution is 2.29. The zero-order chi connectivity index (χ0) is 21.9. The largest absolute Gasteiger partial charge is 0.573 e. The van der Waals surface area contributed by atoms with Crippen molar-refractivity contribution in [3.63, 3.8) is 0 Å². The molecule has 3 rings (SSSR count). The van der Waals surface area contributed by atoms with E-state index in [-0.39, 0.29) is 16.4 Å². The minimum Gasteiger partial charge on any atom is -0.406 e. The van der Waals surface area contributed by atoms with Gasteiger partial charge in [-0.05, 0) is 42.5 Å². The molecule has 30 heavy (non-hydrogen) atoms. The summed E-state index contributed by atoms with van der Waals surface area (Å²) in [6.07, 6.45) is -4.88. The fourth-order valence-electron chi connectivity index (χ4n) is 2.37. The lowest BCUT2D eigenvalue weighted by Crippen LogP contribution is -2.35. The van der Waals surface area contributed by atoms with Gasteiger partial charge in [-0.25, -0.2) is 8.78 Å². The van der Waals surface area contributed by atoms with Crippen LogP contribution in [0, 0.1) is 11.6 Å². The molecule has 0 aromatic heterocycles. The lowest BCUT2D eigenvalue weighted by Gasteiger charge is -2.28.